The van der Waals surface area contributed by atoms with Crippen LogP contribution >= 0.6 is 23.1 Å². The zero-order chi connectivity index (χ0) is 30.7. The number of carbonyl (C=O) groups excluding carboxylic acids is 1. The molecule has 0 radical (unpaired) electrons. The van der Waals surface area contributed by atoms with E-state index in [4.69, 9.17) is 4.98 Å². The summed E-state index contributed by atoms with van der Waals surface area (Å²) < 4.78 is 30.4. The molecule has 8 atom stereocenters. The molecule has 1 heterocycles. The largest absolute Gasteiger partial charge is 0.393 e. The van der Waals surface area contributed by atoms with Gasteiger partial charge < -0.3 is 10.2 Å². The maximum Gasteiger partial charge on any atom is 0.189 e. The molecular weight excluding hydrogens is 597 g/mol. The Morgan fingerprint density at radius 3 is 2.55 bits per heavy atom. The van der Waals surface area contributed by atoms with Gasteiger partial charge in [0.05, 0.1) is 21.9 Å². The van der Waals surface area contributed by atoms with Crippen LogP contribution < -0.4 is 0 Å². The number of hydrogen-bond acceptors (Lipinski definition) is 6. The Labute approximate surface area is 264 Å². The normalized spacial score (nSPS) is 40.4. The molecule has 2 spiro atoms. The van der Waals surface area contributed by atoms with Crippen molar-refractivity contribution in [3.63, 3.8) is 0 Å². The van der Waals surface area contributed by atoms with Crippen LogP contribution in [0.4, 0.5) is 8.78 Å². The van der Waals surface area contributed by atoms with Gasteiger partial charge in [-0.2, -0.15) is 0 Å². The summed E-state index contributed by atoms with van der Waals surface area (Å²) >= 11 is 3.27. The van der Waals surface area contributed by atoms with Crippen LogP contribution in [-0.4, -0.2) is 38.4 Å². The van der Waals surface area contributed by atoms with E-state index in [-0.39, 0.29) is 28.6 Å². The standard InChI is InChI=1S/C36H37F2NO3S2/c1-32-12-9-22(40)18-34(32)15-16-36(23(19-34)30(41)21-7-8-24(37)25(38)17-21)28(32)10-13-33(2)29(36)11-14-35(33,42)20-43-31-39-26-5-3-4-6-27(26)44-31/h3-8,15-17,19,22,28-29,40,42H,9-14,18,20H2,1-2H3. The summed E-state index contributed by atoms with van der Waals surface area (Å²) in [6, 6.07) is 11.5. The van der Waals surface area contributed by atoms with E-state index in [1.165, 1.54) is 6.07 Å². The van der Waals surface area contributed by atoms with Crippen molar-refractivity contribution in [1.82, 2.24) is 4.98 Å². The monoisotopic (exact) mass is 633 g/mol. The number of aliphatic hydroxyl groups excluding tert-OH is 1. The summed E-state index contributed by atoms with van der Waals surface area (Å²) in [6.07, 6.45) is 11.4. The molecule has 4 nitrogen and oxygen atoms in total. The molecule has 8 heteroatoms. The van der Waals surface area contributed by atoms with E-state index < -0.39 is 39.6 Å². The average Bonchev–Trinajstić information content (AvgIpc) is 3.55. The molecule has 3 aromatic rings. The highest BCUT2D eigenvalue weighted by Crippen LogP contribution is 2.78. The molecule has 2 bridgehead atoms. The van der Waals surface area contributed by atoms with E-state index >= 15 is 0 Å². The van der Waals surface area contributed by atoms with Gasteiger partial charge in [-0.1, -0.05) is 56.0 Å². The van der Waals surface area contributed by atoms with Gasteiger partial charge in [-0.15, -0.1) is 11.3 Å². The van der Waals surface area contributed by atoms with Crippen molar-refractivity contribution >= 4 is 39.1 Å². The third-order valence-electron chi connectivity index (χ3n) is 12.8. The smallest absolute Gasteiger partial charge is 0.189 e. The summed E-state index contributed by atoms with van der Waals surface area (Å²) in [5.74, 6) is -1.63. The highest BCUT2D eigenvalue weighted by molar-refractivity contribution is 8.01. The Hall–Kier alpha value is -2.39. The molecule has 44 heavy (non-hydrogen) atoms. The third-order valence-corrected chi connectivity index (χ3v) is 15.2. The Kier molecular flexibility index (Phi) is 6.31. The number of nitrogens with zero attached hydrogens (tertiary/aromatic N) is 1. The molecule has 3 saturated carbocycles. The number of aliphatic hydroxyl groups is 2. The molecule has 6 aliphatic carbocycles. The number of Topliss-reactive ketones (excluding diaryl/α,β-unsaturated/α-hetero) is 1. The summed E-state index contributed by atoms with van der Waals surface area (Å²) in [6.45, 7) is 4.55. The zero-order valence-corrected chi connectivity index (χ0v) is 26.6. The Bertz CT molecular complexity index is 1740. The molecule has 230 valence electrons. The van der Waals surface area contributed by atoms with Gasteiger partial charge >= 0.3 is 0 Å². The van der Waals surface area contributed by atoms with Gasteiger partial charge in [-0.3, -0.25) is 4.79 Å². The van der Waals surface area contributed by atoms with Crippen molar-refractivity contribution < 1.29 is 23.8 Å². The molecule has 8 unspecified atom stereocenters. The number of ketones is 1. The van der Waals surface area contributed by atoms with Crippen molar-refractivity contribution in [1.29, 1.82) is 0 Å². The fourth-order valence-electron chi connectivity index (χ4n) is 10.5. The lowest BCUT2D eigenvalue weighted by atomic mass is 9.32. The van der Waals surface area contributed by atoms with Crippen LogP contribution in [-0.2, 0) is 0 Å². The van der Waals surface area contributed by atoms with Gasteiger partial charge in [-0.25, -0.2) is 13.8 Å². The second-order valence-corrected chi connectivity index (χ2v) is 16.8. The lowest BCUT2D eigenvalue weighted by Crippen LogP contribution is -2.67. The van der Waals surface area contributed by atoms with Crippen molar-refractivity contribution in [3.8, 4) is 0 Å². The van der Waals surface area contributed by atoms with Crippen LogP contribution in [0.2, 0.25) is 0 Å². The predicted molar refractivity (Wildman–Crippen MR) is 170 cm³/mol. The summed E-state index contributed by atoms with van der Waals surface area (Å²) in [4.78, 5) is 19.3. The van der Waals surface area contributed by atoms with Crippen molar-refractivity contribution in [2.75, 3.05) is 5.75 Å². The van der Waals surface area contributed by atoms with E-state index in [0.717, 1.165) is 58.8 Å². The molecule has 0 aliphatic heterocycles. The van der Waals surface area contributed by atoms with Gasteiger partial charge in [0.25, 0.3) is 0 Å². The second kappa shape index (κ2) is 9.57. The van der Waals surface area contributed by atoms with Gasteiger partial charge in [0, 0.05) is 33.1 Å². The van der Waals surface area contributed by atoms with Crippen molar-refractivity contribution in [2.45, 2.75) is 74.8 Å². The summed E-state index contributed by atoms with van der Waals surface area (Å²) in [5.41, 5.74) is -0.947. The third kappa shape index (κ3) is 3.68. The number of benzene rings is 2. The second-order valence-electron chi connectivity index (χ2n) is 14.5. The molecule has 0 amide bonds. The molecule has 2 aromatic carbocycles. The van der Waals surface area contributed by atoms with E-state index in [1.54, 1.807) is 23.1 Å². The highest BCUT2D eigenvalue weighted by Gasteiger charge is 2.74. The van der Waals surface area contributed by atoms with Crippen LogP contribution in [0.25, 0.3) is 10.2 Å². The van der Waals surface area contributed by atoms with Crippen LogP contribution in [0.3, 0.4) is 0 Å². The van der Waals surface area contributed by atoms with Crippen LogP contribution in [0, 0.1) is 45.1 Å². The lowest BCUT2D eigenvalue weighted by Gasteiger charge is -2.71. The Morgan fingerprint density at radius 2 is 1.75 bits per heavy atom. The highest BCUT2D eigenvalue weighted by atomic mass is 32.2. The van der Waals surface area contributed by atoms with E-state index in [2.05, 4.69) is 38.1 Å². The number of thioether (sulfide) groups is 1. The Balaban J connectivity index is 1.21. The maximum atomic E-state index is 14.5. The molecule has 3 fully saturated rings. The van der Waals surface area contributed by atoms with Crippen LogP contribution in [0.5, 0.6) is 0 Å². The molecule has 2 N–H and O–H groups in total. The van der Waals surface area contributed by atoms with E-state index in [9.17, 15) is 23.8 Å². The van der Waals surface area contributed by atoms with Gasteiger partial charge in [-0.05, 0) is 92.5 Å². The SMILES string of the molecule is CC12CCC(O)CC13C=CC1(C(C(=O)c4ccc(F)c(F)c4)=C3)C2CCC2(C)C1CCC2(O)CSc1nc2ccccc2s1. The number of hydrogen-bond donors (Lipinski definition) is 2. The van der Waals surface area contributed by atoms with E-state index in [1.807, 2.05) is 18.2 Å². The summed E-state index contributed by atoms with van der Waals surface area (Å²) in [5, 5.41) is 23.4. The average molecular weight is 634 g/mol. The number of fused-ring (bicyclic) bond motifs is 2. The van der Waals surface area contributed by atoms with Crippen LogP contribution in [0.15, 0.2) is 70.6 Å². The van der Waals surface area contributed by atoms with Gasteiger partial charge in [0.15, 0.2) is 21.8 Å². The molecule has 6 aliphatic rings. The minimum Gasteiger partial charge on any atom is -0.393 e. The quantitative estimate of drug-likeness (QED) is 0.169. The first-order valence-electron chi connectivity index (χ1n) is 15.8. The molecular formula is C36H37F2NO3S2. The minimum absolute atomic E-state index is 0.00608. The molecule has 0 saturated heterocycles. The first-order valence-corrected chi connectivity index (χ1v) is 17.6. The topological polar surface area (TPSA) is 70.4 Å². The van der Waals surface area contributed by atoms with Crippen molar-refractivity contribution in [3.05, 3.63) is 83.5 Å². The number of halogens is 2. The minimum atomic E-state index is -1.03. The maximum absolute atomic E-state index is 14.5. The number of para-hydroxylation sites is 1. The Morgan fingerprint density at radius 1 is 1.00 bits per heavy atom. The molecule has 9 rings (SSSR count). The van der Waals surface area contributed by atoms with Gasteiger partial charge in [0.2, 0.25) is 0 Å². The first kappa shape index (κ1) is 29.0. The number of carbonyl (C=O) groups is 1. The van der Waals surface area contributed by atoms with Crippen LogP contribution in [0.1, 0.15) is 69.2 Å². The molecule has 1 aromatic heterocycles. The van der Waals surface area contributed by atoms with Crippen molar-refractivity contribution in [2.24, 2.45) is 33.5 Å². The fourth-order valence-corrected chi connectivity index (χ4v) is 12.8. The number of thiazole rings is 1. The fraction of sp³-hybridized carbons (Fsp3) is 0.500. The number of allylic oxidation sites excluding steroid dienone is 4. The zero-order valence-electron chi connectivity index (χ0n) is 25.0. The van der Waals surface area contributed by atoms with E-state index in [0.29, 0.717) is 24.2 Å². The summed E-state index contributed by atoms with van der Waals surface area (Å²) in [7, 11) is 0. The lowest BCUT2D eigenvalue weighted by molar-refractivity contribution is -0.166. The van der Waals surface area contributed by atoms with Gasteiger partial charge in [0.1, 0.15) is 0 Å². The predicted octanol–water partition coefficient (Wildman–Crippen LogP) is 8.14. The first-order chi connectivity index (χ1) is 20.9. The number of aromatic nitrogens is 1. The number of rotatable bonds is 5.